The van der Waals surface area contributed by atoms with Crippen molar-refractivity contribution in [1.82, 2.24) is 20.2 Å². The van der Waals surface area contributed by atoms with Crippen LogP contribution in [0, 0.1) is 0 Å². The van der Waals surface area contributed by atoms with Crippen LogP contribution in [-0.4, -0.2) is 25.3 Å². The summed E-state index contributed by atoms with van der Waals surface area (Å²) in [6.45, 7) is 0.301. The van der Waals surface area contributed by atoms with Crippen molar-refractivity contribution < 1.29 is 9.84 Å². The van der Waals surface area contributed by atoms with Crippen LogP contribution in [0.2, 0.25) is 0 Å². The molecule has 0 fully saturated rings. The van der Waals surface area contributed by atoms with Gasteiger partial charge in [-0.25, -0.2) is 0 Å². The number of hydrogen-bond donors (Lipinski definition) is 1. The van der Waals surface area contributed by atoms with Gasteiger partial charge in [-0.2, -0.15) is 4.80 Å². The maximum absolute atomic E-state index is 9.71. The summed E-state index contributed by atoms with van der Waals surface area (Å²) in [4.78, 5) is 1.40. The van der Waals surface area contributed by atoms with Gasteiger partial charge in [0.2, 0.25) is 5.82 Å². The first kappa shape index (κ1) is 11.2. The molecule has 1 unspecified atom stereocenters. The zero-order valence-electron chi connectivity index (χ0n) is 10.1. The SMILES string of the molecule is Cn1nnc(COc2ccc3c(c2)CCC3O)n1. The fraction of sp³-hybridized carbons (Fsp3) is 0.417. The minimum atomic E-state index is -0.323. The van der Waals surface area contributed by atoms with Crippen LogP contribution in [0.4, 0.5) is 0 Å². The molecule has 1 heterocycles. The second-order valence-electron chi connectivity index (χ2n) is 4.40. The van der Waals surface area contributed by atoms with Crippen molar-refractivity contribution >= 4 is 0 Å². The van der Waals surface area contributed by atoms with E-state index in [9.17, 15) is 5.11 Å². The number of rotatable bonds is 3. The van der Waals surface area contributed by atoms with E-state index in [1.54, 1.807) is 7.05 Å². The fourth-order valence-corrected chi connectivity index (χ4v) is 2.19. The van der Waals surface area contributed by atoms with Crippen LogP contribution in [-0.2, 0) is 20.1 Å². The average Bonchev–Trinajstić information content (AvgIpc) is 2.94. The molecule has 0 saturated heterocycles. The number of aliphatic hydroxyl groups is 1. The Morgan fingerprint density at radius 2 is 2.39 bits per heavy atom. The smallest absolute Gasteiger partial charge is 0.212 e. The molecule has 0 radical (unpaired) electrons. The lowest BCUT2D eigenvalue weighted by atomic mass is 10.1. The third-order valence-corrected chi connectivity index (χ3v) is 3.08. The Balaban J connectivity index is 1.70. The molecule has 0 bridgehead atoms. The highest BCUT2D eigenvalue weighted by molar-refractivity contribution is 5.39. The summed E-state index contributed by atoms with van der Waals surface area (Å²) in [5.74, 6) is 1.33. The molecule has 18 heavy (non-hydrogen) atoms. The summed E-state index contributed by atoms with van der Waals surface area (Å²) in [6, 6.07) is 5.76. The number of fused-ring (bicyclic) bond motifs is 1. The lowest BCUT2D eigenvalue weighted by Crippen LogP contribution is -2.00. The van der Waals surface area contributed by atoms with Gasteiger partial charge in [0.1, 0.15) is 5.75 Å². The molecule has 1 aliphatic rings. The molecule has 0 spiro atoms. The van der Waals surface area contributed by atoms with Gasteiger partial charge in [-0.1, -0.05) is 6.07 Å². The molecular formula is C12H14N4O2. The van der Waals surface area contributed by atoms with Gasteiger partial charge in [-0.15, -0.1) is 10.2 Å². The fourth-order valence-electron chi connectivity index (χ4n) is 2.19. The van der Waals surface area contributed by atoms with Crippen molar-refractivity contribution in [3.63, 3.8) is 0 Å². The Morgan fingerprint density at radius 1 is 1.50 bits per heavy atom. The Labute approximate surface area is 104 Å². The molecule has 94 valence electrons. The molecule has 6 heteroatoms. The number of ether oxygens (including phenoxy) is 1. The molecule has 3 rings (SSSR count). The molecule has 1 aromatic heterocycles. The van der Waals surface area contributed by atoms with Crippen LogP contribution in [0.3, 0.4) is 0 Å². The Kier molecular flexibility index (Phi) is 2.71. The second kappa shape index (κ2) is 4.38. The van der Waals surface area contributed by atoms with Crippen molar-refractivity contribution in [2.75, 3.05) is 0 Å². The van der Waals surface area contributed by atoms with Crippen molar-refractivity contribution in [2.45, 2.75) is 25.6 Å². The van der Waals surface area contributed by atoms with Gasteiger partial charge >= 0.3 is 0 Å². The molecule has 0 aliphatic heterocycles. The molecular weight excluding hydrogens is 232 g/mol. The Morgan fingerprint density at radius 3 is 3.17 bits per heavy atom. The van der Waals surface area contributed by atoms with E-state index < -0.39 is 0 Å². The number of hydrogen-bond acceptors (Lipinski definition) is 5. The first-order valence-electron chi connectivity index (χ1n) is 5.89. The summed E-state index contributed by atoms with van der Waals surface area (Å²) in [7, 11) is 1.72. The summed E-state index contributed by atoms with van der Waals surface area (Å²) in [5, 5.41) is 21.3. The van der Waals surface area contributed by atoms with Crippen molar-refractivity contribution in [3.8, 4) is 5.75 Å². The largest absolute Gasteiger partial charge is 0.485 e. The lowest BCUT2D eigenvalue weighted by Gasteiger charge is -2.07. The van der Waals surface area contributed by atoms with Gasteiger partial charge < -0.3 is 9.84 Å². The monoisotopic (exact) mass is 246 g/mol. The predicted molar refractivity (Wildman–Crippen MR) is 62.9 cm³/mol. The average molecular weight is 246 g/mol. The zero-order valence-corrected chi connectivity index (χ0v) is 10.1. The highest BCUT2D eigenvalue weighted by atomic mass is 16.5. The summed E-state index contributed by atoms with van der Waals surface area (Å²) in [6.07, 6.45) is 1.37. The third-order valence-electron chi connectivity index (χ3n) is 3.08. The van der Waals surface area contributed by atoms with E-state index in [0.29, 0.717) is 12.4 Å². The molecule has 1 aliphatic carbocycles. The van der Waals surface area contributed by atoms with Crippen LogP contribution in [0.25, 0.3) is 0 Å². The van der Waals surface area contributed by atoms with Crippen LogP contribution < -0.4 is 4.74 Å². The molecule has 0 amide bonds. The summed E-state index contributed by atoms with van der Waals surface area (Å²) in [5.41, 5.74) is 2.17. The number of aryl methyl sites for hydroxylation is 2. The molecule has 0 saturated carbocycles. The Hall–Kier alpha value is -1.95. The number of aromatic nitrogens is 4. The Bertz CT molecular complexity index is 567. The molecule has 1 N–H and O–H groups in total. The van der Waals surface area contributed by atoms with Crippen LogP contribution in [0.15, 0.2) is 18.2 Å². The van der Waals surface area contributed by atoms with E-state index >= 15 is 0 Å². The van der Waals surface area contributed by atoms with E-state index in [0.717, 1.165) is 29.7 Å². The standard InChI is InChI=1S/C12H14N4O2/c1-16-14-12(13-15-16)7-18-9-3-4-10-8(6-9)2-5-11(10)17/h3-4,6,11,17H,2,5,7H2,1H3. The maximum Gasteiger partial charge on any atom is 0.212 e. The van der Waals surface area contributed by atoms with Crippen LogP contribution in [0.5, 0.6) is 5.75 Å². The third kappa shape index (κ3) is 2.06. The van der Waals surface area contributed by atoms with Gasteiger partial charge in [0, 0.05) is 0 Å². The molecule has 1 aromatic carbocycles. The predicted octanol–water partition coefficient (Wildman–Crippen LogP) is 0.769. The van der Waals surface area contributed by atoms with Gasteiger partial charge in [-0.3, -0.25) is 0 Å². The quantitative estimate of drug-likeness (QED) is 0.866. The van der Waals surface area contributed by atoms with Crippen molar-refractivity contribution in [2.24, 2.45) is 7.05 Å². The highest BCUT2D eigenvalue weighted by Crippen LogP contribution is 2.33. The van der Waals surface area contributed by atoms with E-state index in [1.165, 1.54) is 4.80 Å². The van der Waals surface area contributed by atoms with Crippen molar-refractivity contribution in [1.29, 1.82) is 0 Å². The van der Waals surface area contributed by atoms with Gasteiger partial charge in [0.15, 0.2) is 6.61 Å². The molecule has 1 atom stereocenters. The van der Waals surface area contributed by atoms with Gasteiger partial charge in [0.25, 0.3) is 0 Å². The number of nitrogens with zero attached hydrogens (tertiary/aromatic N) is 4. The first-order valence-corrected chi connectivity index (χ1v) is 5.89. The minimum Gasteiger partial charge on any atom is -0.485 e. The van der Waals surface area contributed by atoms with Crippen LogP contribution in [0.1, 0.15) is 29.5 Å². The first-order chi connectivity index (χ1) is 8.72. The minimum absolute atomic E-state index is 0.301. The van der Waals surface area contributed by atoms with Gasteiger partial charge in [0.05, 0.1) is 13.2 Å². The normalized spacial score (nSPS) is 17.8. The van der Waals surface area contributed by atoms with E-state index in [1.807, 2.05) is 18.2 Å². The number of tetrazole rings is 1. The highest BCUT2D eigenvalue weighted by Gasteiger charge is 2.20. The topological polar surface area (TPSA) is 73.1 Å². The summed E-state index contributed by atoms with van der Waals surface area (Å²) < 4.78 is 5.61. The number of aliphatic hydroxyl groups excluding tert-OH is 1. The van der Waals surface area contributed by atoms with Crippen LogP contribution >= 0.6 is 0 Å². The maximum atomic E-state index is 9.71. The second-order valence-corrected chi connectivity index (χ2v) is 4.40. The van der Waals surface area contributed by atoms with Gasteiger partial charge in [-0.05, 0) is 41.3 Å². The van der Waals surface area contributed by atoms with Crippen molar-refractivity contribution in [3.05, 3.63) is 35.2 Å². The lowest BCUT2D eigenvalue weighted by molar-refractivity contribution is 0.180. The van der Waals surface area contributed by atoms with E-state index in [4.69, 9.17) is 4.74 Å². The summed E-state index contributed by atoms with van der Waals surface area (Å²) >= 11 is 0. The molecule has 2 aromatic rings. The molecule has 6 nitrogen and oxygen atoms in total. The number of benzene rings is 1. The van der Waals surface area contributed by atoms with E-state index in [2.05, 4.69) is 15.4 Å². The van der Waals surface area contributed by atoms with E-state index in [-0.39, 0.29) is 6.10 Å². The zero-order chi connectivity index (χ0) is 12.5.